The molecule has 0 unspecified atom stereocenters. The van der Waals surface area contributed by atoms with E-state index in [4.69, 9.17) is 20.5 Å². The molecule has 0 heterocycles. The van der Waals surface area contributed by atoms with Crippen LogP contribution in [0.1, 0.15) is 57.3 Å². The summed E-state index contributed by atoms with van der Waals surface area (Å²) in [6, 6.07) is 8.45. The summed E-state index contributed by atoms with van der Waals surface area (Å²) >= 11 is 0. The molecular weight excluding hydrogens is 484 g/mol. The van der Waals surface area contributed by atoms with Crippen LogP contribution in [0.5, 0.6) is 5.75 Å². The van der Waals surface area contributed by atoms with Gasteiger partial charge in [0.25, 0.3) is 5.91 Å². The Morgan fingerprint density at radius 1 is 1.14 bits per heavy atom. The Morgan fingerprint density at radius 2 is 1.78 bits per heavy atom. The predicted molar refractivity (Wildman–Crippen MR) is 142 cm³/mol. The van der Waals surface area contributed by atoms with Crippen molar-refractivity contribution in [1.82, 2.24) is 10.6 Å². The fourth-order valence-electron chi connectivity index (χ4n) is 3.35. The Kier molecular flexibility index (Phi) is 16.0. The smallest absolute Gasteiger partial charge is 0.255 e. The molecule has 1 aromatic carbocycles. The van der Waals surface area contributed by atoms with E-state index in [0.29, 0.717) is 37.5 Å². The molecule has 0 spiro atoms. The molecule has 5 N–H and O–H groups in total. The first-order valence-corrected chi connectivity index (χ1v) is 12.2. The number of unbranched alkanes of at least 4 members (excludes halogenated alkanes) is 1. The Hall–Kier alpha value is -2.38. The van der Waals surface area contributed by atoms with Gasteiger partial charge in [-0.25, -0.2) is 0 Å². The summed E-state index contributed by atoms with van der Waals surface area (Å²) in [7, 11) is 1.66. The van der Waals surface area contributed by atoms with Crippen LogP contribution in [0.2, 0.25) is 0 Å². The first-order chi connectivity index (χ1) is 16.5. The molecule has 36 heavy (non-hydrogen) atoms. The lowest BCUT2D eigenvalue weighted by Gasteiger charge is -2.28. The molecule has 3 atom stereocenters. The third-order valence-electron chi connectivity index (χ3n) is 5.99. The van der Waals surface area contributed by atoms with Crippen molar-refractivity contribution >= 4 is 24.2 Å². The molecule has 0 saturated carbocycles. The van der Waals surface area contributed by atoms with E-state index >= 15 is 0 Å². The number of para-hydroxylation sites is 1. The van der Waals surface area contributed by atoms with Gasteiger partial charge in [0.1, 0.15) is 11.2 Å². The maximum atomic E-state index is 12.9. The van der Waals surface area contributed by atoms with Gasteiger partial charge in [-0.3, -0.25) is 9.59 Å². The van der Waals surface area contributed by atoms with Gasteiger partial charge in [-0.05, 0) is 57.1 Å². The van der Waals surface area contributed by atoms with Crippen molar-refractivity contribution in [1.29, 1.82) is 5.26 Å². The van der Waals surface area contributed by atoms with E-state index in [1.807, 2.05) is 26.0 Å². The van der Waals surface area contributed by atoms with Crippen LogP contribution < -0.4 is 21.1 Å². The average molecular weight is 527 g/mol. The van der Waals surface area contributed by atoms with Crippen LogP contribution in [0.4, 0.5) is 0 Å². The van der Waals surface area contributed by atoms with Crippen molar-refractivity contribution in [2.45, 2.75) is 59.1 Å². The minimum absolute atomic E-state index is 0. The number of carbonyl (C=O) groups excluding carboxylic acids is 2. The van der Waals surface area contributed by atoms with Gasteiger partial charge in [-0.2, -0.15) is 5.26 Å². The maximum absolute atomic E-state index is 12.9. The summed E-state index contributed by atoms with van der Waals surface area (Å²) < 4.78 is 10.8. The fourth-order valence-corrected chi connectivity index (χ4v) is 3.35. The van der Waals surface area contributed by atoms with E-state index in [1.165, 1.54) is 13.8 Å². The molecule has 0 aliphatic heterocycles. The number of hydrogen-bond acceptors (Lipinski definition) is 7. The first-order valence-electron chi connectivity index (χ1n) is 12.2. The topological polar surface area (TPSA) is 147 Å². The zero-order chi connectivity index (χ0) is 26.4. The standard InChI is InChI=1S/C26H42N4O5.ClH/c1-18(2)19(14-21(28)22(31)16-30-25(33)26(3,4)17-27)15-29-24(32)20-10-6-7-11-23(20)35-13-9-8-12-34-5;/h6-7,10-11,18-19,21-22,31H,8-9,12-16,28H2,1-5H3,(H,29,32)(H,30,33);1H/t19-,21+,22+;/m1./s1. The van der Waals surface area contributed by atoms with Gasteiger partial charge >= 0.3 is 0 Å². The second-order valence-electron chi connectivity index (χ2n) is 9.67. The SMILES string of the molecule is COCCCCOc1ccccc1C(=O)NC[C@@H](C[C@H](N)[C@@H](O)CNC(=O)C(C)(C)C#N)C(C)C.Cl. The number of hydrogen-bond donors (Lipinski definition) is 4. The lowest BCUT2D eigenvalue weighted by molar-refractivity contribution is -0.127. The highest BCUT2D eigenvalue weighted by Crippen LogP contribution is 2.21. The summed E-state index contributed by atoms with van der Waals surface area (Å²) in [4.78, 5) is 24.9. The summed E-state index contributed by atoms with van der Waals surface area (Å²) in [6.45, 7) is 8.59. The molecule has 204 valence electrons. The van der Waals surface area contributed by atoms with E-state index in [1.54, 1.807) is 25.3 Å². The van der Waals surface area contributed by atoms with E-state index in [2.05, 4.69) is 10.6 Å². The molecule has 9 nitrogen and oxygen atoms in total. The second kappa shape index (κ2) is 17.1. The number of nitrogens with one attached hydrogen (secondary N) is 2. The van der Waals surface area contributed by atoms with Crippen molar-refractivity contribution in [3.8, 4) is 11.8 Å². The number of aliphatic hydroxyl groups is 1. The summed E-state index contributed by atoms with van der Waals surface area (Å²) in [6.07, 6.45) is 1.19. The van der Waals surface area contributed by atoms with Crippen molar-refractivity contribution in [3.05, 3.63) is 29.8 Å². The normalized spacial score (nSPS) is 13.6. The third-order valence-corrected chi connectivity index (χ3v) is 5.99. The molecule has 10 heteroatoms. The molecule has 0 bridgehead atoms. The Morgan fingerprint density at radius 3 is 2.39 bits per heavy atom. The van der Waals surface area contributed by atoms with Crippen LogP contribution in [0.25, 0.3) is 0 Å². The fraction of sp³-hybridized carbons (Fsp3) is 0.654. The molecule has 1 aromatic rings. The molecule has 0 aromatic heterocycles. The van der Waals surface area contributed by atoms with Crippen LogP contribution in [0.3, 0.4) is 0 Å². The van der Waals surface area contributed by atoms with Crippen molar-refractivity contribution < 1.29 is 24.2 Å². The number of halogens is 1. The second-order valence-corrected chi connectivity index (χ2v) is 9.67. The zero-order valence-corrected chi connectivity index (χ0v) is 22.9. The summed E-state index contributed by atoms with van der Waals surface area (Å²) in [5, 5.41) is 25.0. The van der Waals surface area contributed by atoms with Gasteiger partial charge in [-0.15, -0.1) is 12.4 Å². The number of carbonyl (C=O) groups is 2. The number of amides is 2. The maximum Gasteiger partial charge on any atom is 0.255 e. The van der Waals surface area contributed by atoms with Gasteiger partial charge < -0.3 is 30.9 Å². The van der Waals surface area contributed by atoms with Crippen LogP contribution in [-0.2, 0) is 9.53 Å². The number of ether oxygens (including phenoxy) is 2. The predicted octanol–water partition coefficient (Wildman–Crippen LogP) is 2.66. The van der Waals surface area contributed by atoms with Gasteiger partial charge in [0, 0.05) is 32.8 Å². The van der Waals surface area contributed by atoms with Crippen LogP contribution in [-0.4, -0.2) is 62.5 Å². The number of aliphatic hydroxyl groups excluding tert-OH is 1. The highest BCUT2D eigenvalue weighted by molar-refractivity contribution is 5.96. The Labute approximate surface area is 221 Å². The quantitative estimate of drug-likeness (QED) is 0.242. The first kappa shape index (κ1) is 33.6. The molecule has 0 aliphatic rings. The van der Waals surface area contributed by atoms with Crippen molar-refractivity contribution in [3.63, 3.8) is 0 Å². The van der Waals surface area contributed by atoms with Crippen LogP contribution >= 0.6 is 12.4 Å². The lowest BCUT2D eigenvalue weighted by atomic mass is 9.87. The van der Waals surface area contributed by atoms with Gasteiger partial charge in [-0.1, -0.05) is 26.0 Å². The van der Waals surface area contributed by atoms with E-state index in [9.17, 15) is 14.7 Å². The van der Waals surface area contributed by atoms with Crippen LogP contribution in [0.15, 0.2) is 24.3 Å². The highest BCUT2D eigenvalue weighted by atomic mass is 35.5. The van der Waals surface area contributed by atoms with Crippen molar-refractivity contribution in [2.24, 2.45) is 23.0 Å². The largest absolute Gasteiger partial charge is 0.493 e. The van der Waals surface area contributed by atoms with E-state index in [-0.39, 0.29) is 36.7 Å². The molecule has 2 amide bonds. The molecule has 0 saturated heterocycles. The summed E-state index contributed by atoms with van der Waals surface area (Å²) in [5.74, 6) is 0.0540. The lowest BCUT2D eigenvalue weighted by Crippen LogP contribution is -2.47. The Bertz CT molecular complexity index is 844. The minimum atomic E-state index is -1.18. The minimum Gasteiger partial charge on any atom is -0.493 e. The average Bonchev–Trinajstić information content (AvgIpc) is 2.84. The molecule has 0 radical (unpaired) electrons. The third kappa shape index (κ3) is 11.6. The molecule has 0 aliphatic carbocycles. The number of nitrogens with zero attached hydrogens (tertiary/aromatic N) is 1. The molecular formula is C26H43ClN4O5. The molecule has 0 fully saturated rings. The van der Waals surface area contributed by atoms with Gasteiger partial charge in [0.05, 0.1) is 24.3 Å². The highest BCUT2D eigenvalue weighted by Gasteiger charge is 2.29. The Balaban J connectivity index is 0.0000122. The monoisotopic (exact) mass is 526 g/mol. The number of benzene rings is 1. The van der Waals surface area contributed by atoms with E-state index < -0.39 is 23.5 Å². The number of nitriles is 1. The number of nitrogens with two attached hydrogens (primary N) is 1. The van der Waals surface area contributed by atoms with Gasteiger partial charge in [0.2, 0.25) is 5.91 Å². The number of methoxy groups -OCH3 is 1. The van der Waals surface area contributed by atoms with Crippen molar-refractivity contribution in [2.75, 3.05) is 33.4 Å². The van der Waals surface area contributed by atoms with E-state index in [0.717, 1.165) is 12.8 Å². The zero-order valence-electron chi connectivity index (χ0n) is 22.1. The number of rotatable bonds is 16. The van der Waals surface area contributed by atoms with Crippen LogP contribution in [0, 0.1) is 28.6 Å². The van der Waals surface area contributed by atoms with Gasteiger partial charge in [0.15, 0.2) is 0 Å². The summed E-state index contributed by atoms with van der Waals surface area (Å²) in [5.41, 5.74) is 5.49. The molecule has 1 rings (SSSR count).